The van der Waals surface area contributed by atoms with Crippen LogP contribution in [0.4, 0.5) is 0 Å². The van der Waals surface area contributed by atoms with Crippen LogP contribution in [0.2, 0.25) is 0 Å². The third-order valence-electron chi connectivity index (χ3n) is 4.57. The molecule has 1 atom stereocenters. The monoisotopic (exact) mass is 307 g/mol. The third-order valence-corrected chi connectivity index (χ3v) is 4.57. The molecular formula is C18H21N5. The molecule has 0 saturated carbocycles. The van der Waals surface area contributed by atoms with Gasteiger partial charge < -0.3 is 10.3 Å². The third kappa shape index (κ3) is 2.73. The number of aryl methyl sites for hydroxylation is 1. The summed E-state index contributed by atoms with van der Waals surface area (Å²) in [6, 6.07) is 8.67. The summed E-state index contributed by atoms with van der Waals surface area (Å²) in [5, 5.41) is 1.21. The maximum atomic E-state index is 5.95. The summed E-state index contributed by atoms with van der Waals surface area (Å²) in [5.41, 5.74) is 10.2. The van der Waals surface area contributed by atoms with Gasteiger partial charge in [0.25, 0.3) is 0 Å². The van der Waals surface area contributed by atoms with Gasteiger partial charge in [-0.3, -0.25) is 14.9 Å². The topological polar surface area (TPSA) is 60.0 Å². The highest BCUT2D eigenvalue weighted by Gasteiger charge is 2.19. The summed E-state index contributed by atoms with van der Waals surface area (Å²) in [5.74, 6) is 0. The lowest BCUT2D eigenvalue weighted by molar-refractivity contribution is 0.322. The van der Waals surface area contributed by atoms with Crippen LogP contribution in [-0.4, -0.2) is 38.6 Å². The standard InChI is InChI=1S/C18H21N5/c1-22-12-16(15-4-2-3-5-18(15)22)17-9-20-14(8-21-17)11-23-7-6-13(19)10-23/h2-5,8-9,12-13H,6-7,10-11,19H2,1H3. The van der Waals surface area contributed by atoms with E-state index in [0.717, 1.165) is 43.0 Å². The zero-order valence-electron chi connectivity index (χ0n) is 13.3. The number of likely N-dealkylation sites (tertiary alicyclic amines) is 1. The van der Waals surface area contributed by atoms with Gasteiger partial charge in [-0.25, -0.2) is 0 Å². The van der Waals surface area contributed by atoms with Crippen molar-refractivity contribution in [3.05, 3.63) is 48.5 Å². The second-order valence-electron chi connectivity index (χ2n) is 6.35. The van der Waals surface area contributed by atoms with Crippen LogP contribution >= 0.6 is 0 Å². The Morgan fingerprint density at radius 1 is 1.22 bits per heavy atom. The molecule has 3 heterocycles. The SMILES string of the molecule is Cn1cc(-c2cnc(CN3CCC(N)C3)cn2)c2ccccc21. The minimum absolute atomic E-state index is 0.304. The quantitative estimate of drug-likeness (QED) is 0.805. The molecule has 0 spiro atoms. The van der Waals surface area contributed by atoms with Crippen molar-refractivity contribution in [2.45, 2.75) is 19.0 Å². The van der Waals surface area contributed by atoms with Gasteiger partial charge in [0.15, 0.2) is 0 Å². The molecule has 1 aromatic carbocycles. The summed E-state index contributed by atoms with van der Waals surface area (Å²) in [6.07, 6.45) is 6.96. The Kier molecular flexibility index (Phi) is 3.59. The van der Waals surface area contributed by atoms with Crippen LogP contribution in [0.5, 0.6) is 0 Å². The molecule has 1 saturated heterocycles. The molecule has 3 aromatic rings. The molecule has 1 unspecified atom stereocenters. The van der Waals surface area contributed by atoms with Gasteiger partial charge in [0, 0.05) is 55.4 Å². The van der Waals surface area contributed by atoms with E-state index < -0.39 is 0 Å². The van der Waals surface area contributed by atoms with Crippen molar-refractivity contribution in [3.8, 4) is 11.3 Å². The molecule has 1 fully saturated rings. The van der Waals surface area contributed by atoms with E-state index in [0.29, 0.717) is 6.04 Å². The fourth-order valence-electron chi connectivity index (χ4n) is 3.36. The number of rotatable bonds is 3. The number of hydrogen-bond acceptors (Lipinski definition) is 4. The summed E-state index contributed by atoms with van der Waals surface area (Å²) < 4.78 is 2.13. The first kappa shape index (κ1) is 14.4. The number of fused-ring (bicyclic) bond motifs is 1. The first-order chi connectivity index (χ1) is 11.2. The van der Waals surface area contributed by atoms with Crippen LogP contribution in [-0.2, 0) is 13.6 Å². The molecule has 0 radical (unpaired) electrons. The van der Waals surface area contributed by atoms with Gasteiger partial charge in [-0.15, -0.1) is 0 Å². The molecule has 4 rings (SSSR count). The van der Waals surface area contributed by atoms with Crippen LogP contribution in [0.3, 0.4) is 0 Å². The number of nitrogens with two attached hydrogens (primary N) is 1. The Bertz CT molecular complexity index is 821. The number of para-hydroxylation sites is 1. The lowest BCUT2D eigenvalue weighted by Crippen LogP contribution is -2.26. The lowest BCUT2D eigenvalue weighted by atomic mass is 10.1. The largest absolute Gasteiger partial charge is 0.350 e. The first-order valence-corrected chi connectivity index (χ1v) is 8.04. The fraction of sp³-hybridized carbons (Fsp3) is 0.333. The average molecular weight is 307 g/mol. The highest BCUT2D eigenvalue weighted by atomic mass is 15.2. The second kappa shape index (κ2) is 5.76. The van der Waals surface area contributed by atoms with Crippen LogP contribution in [0.1, 0.15) is 12.1 Å². The van der Waals surface area contributed by atoms with Crippen molar-refractivity contribution in [2.24, 2.45) is 12.8 Å². The van der Waals surface area contributed by atoms with Gasteiger partial charge >= 0.3 is 0 Å². The molecule has 23 heavy (non-hydrogen) atoms. The van der Waals surface area contributed by atoms with Gasteiger partial charge in [0.1, 0.15) is 0 Å². The highest BCUT2D eigenvalue weighted by Crippen LogP contribution is 2.28. The zero-order chi connectivity index (χ0) is 15.8. The van der Waals surface area contributed by atoms with Crippen molar-refractivity contribution < 1.29 is 0 Å². The summed E-state index contributed by atoms with van der Waals surface area (Å²) in [4.78, 5) is 11.6. The predicted octanol–water partition coefficient (Wildman–Crippen LogP) is 2.17. The molecule has 5 nitrogen and oxygen atoms in total. The van der Waals surface area contributed by atoms with E-state index in [1.54, 1.807) is 0 Å². The summed E-state index contributed by atoms with van der Waals surface area (Å²) >= 11 is 0. The Hall–Kier alpha value is -2.24. The first-order valence-electron chi connectivity index (χ1n) is 8.04. The van der Waals surface area contributed by atoms with Crippen LogP contribution < -0.4 is 5.73 Å². The number of hydrogen-bond donors (Lipinski definition) is 1. The Labute approximate surface area is 135 Å². The lowest BCUT2D eigenvalue weighted by Gasteiger charge is -2.14. The van der Waals surface area contributed by atoms with Gasteiger partial charge in [-0.2, -0.15) is 0 Å². The molecule has 0 amide bonds. The van der Waals surface area contributed by atoms with Gasteiger partial charge in [0.2, 0.25) is 0 Å². The molecule has 0 aliphatic carbocycles. The van der Waals surface area contributed by atoms with E-state index in [1.165, 1.54) is 10.9 Å². The van der Waals surface area contributed by atoms with E-state index in [4.69, 9.17) is 5.73 Å². The van der Waals surface area contributed by atoms with Crippen molar-refractivity contribution in [2.75, 3.05) is 13.1 Å². The number of benzene rings is 1. The minimum atomic E-state index is 0.304. The molecular weight excluding hydrogens is 286 g/mol. The van der Waals surface area contributed by atoms with Crippen molar-refractivity contribution in [1.82, 2.24) is 19.4 Å². The van der Waals surface area contributed by atoms with Gasteiger partial charge in [0.05, 0.1) is 23.8 Å². The van der Waals surface area contributed by atoms with Gasteiger partial charge in [-0.1, -0.05) is 18.2 Å². The highest BCUT2D eigenvalue weighted by molar-refractivity contribution is 5.94. The van der Waals surface area contributed by atoms with Gasteiger partial charge in [-0.05, 0) is 12.5 Å². The maximum absolute atomic E-state index is 5.95. The fourth-order valence-corrected chi connectivity index (χ4v) is 3.36. The number of nitrogens with zero attached hydrogens (tertiary/aromatic N) is 4. The predicted molar refractivity (Wildman–Crippen MR) is 91.8 cm³/mol. The van der Waals surface area contributed by atoms with E-state index in [-0.39, 0.29) is 0 Å². The van der Waals surface area contributed by atoms with Crippen molar-refractivity contribution in [3.63, 3.8) is 0 Å². The smallest absolute Gasteiger partial charge is 0.0906 e. The molecule has 1 aliphatic heterocycles. The number of aromatic nitrogens is 3. The molecule has 5 heteroatoms. The van der Waals surface area contributed by atoms with Crippen molar-refractivity contribution >= 4 is 10.9 Å². The second-order valence-corrected chi connectivity index (χ2v) is 6.35. The normalized spacial score (nSPS) is 18.8. The average Bonchev–Trinajstić information content (AvgIpc) is 3.12. The molecule has 0 bridgehead atoms. The Balaban J connectivity index is 1.60. The zero-order valence-corrected chi connectivity index (χ0v) is 13.3. The minimum Gasteiger partial charge on any atom is -0.350 e. The summed E-state index contributed by atoms with van der Waals surface area (Å²) in [7, 11) is 2.06. The molecule has 2 N–H and O–H groups in total. The Morgan fingerprint density at radius 3 is 2.83 bits per heavy atom. The van der Waals surface area contributed by atoms with Crippen LogP contribution in [0.25, 0.3) is 22.2 Å². The maximum Gasteiger partial charge on any atom is 0.0906 e. The van der Waals surface area contributed by atoms with E-state index >= 15 is 0 Å². The summed E-state index contributed by atoms with van der Waals surface area (Å²) in [6.45, 7) is 2.83. The van der Waals surface area contributed by atoms with E-state index in [9.17, 15) is 0 Å². The van der Waals surface area contributed by atoms with Crippen LogP contribution in [0.15, 0.2) is 42.9 Å². The molecule has 2 aromatic heterocycles. The Morgan fingerprint density at radius 2 is 2.09 bits per heavy atom. The molecule has 1 aliphatic rings. The van der Waals surface area contributed by atoms with E-state index in [1.807, 2.05) is 12.4 Å². The molecule has 118 valence electrons. The van der Waals surface area contributed by atoms with Crippen LogP contribution in [0, 0.1) is 0 Å². The van der Waals surface area contributed by atoms with E-state index in [2.05, 4.69) is 56.9 Å². The van der Waals surface area contributed by atoms with Crippen molar-refractivity contribution in [1.29, 1.82) is 0 Å².